The Labute approximate surface area is 65.7 Å². The fourth-order valence-corrected chi connectivity index (χ4v) is 1.54. The van der Waals surface area contributed by atoms with Crippen molar-refractivity contribution < 1.29 is 5.11 Å². The molecule has 0 spiro atoms. The van der Waals surface area contributed by atoms with Crippen LogP contribution < -0.4 is 0 Å². The van der Waals surface area contributed by atoms with Gasteiger partial charge in [0.25, 0.3) is 0 Å². The van der Waals surface area contributed by atoms with Gasteiger partial charge in [-0.2, -0.15) is 0 Å². The Morgan fingerprint density at radius 2 is 2.45 bits per heavy atom. The molecule has 1 aliphatic carbocycles. The Morgan fingerprint density at radius 3 is 2.82 bits per heavy atom. The molecule has 1 aromatic heterocycles. The molecular formula is C8H12N2O. The first-order chi connectivity index (χ1) is 5.14. The lowest BCUT2D eigenvalue weighted by Gasteiger charge is -2.08. The highest BCUT2D eigenvalue weighted by molar-refractivity contribution is 5.20. The average molecular weight is 152 g/mol. The van der Waals surface area contributed by atoms with Crippen molar-refractivity contribution in [3.05, 3.63) is 18.2 Å². The first kappa shape index (κ1) is 6.85. The van der Waals surface area contributed by atoms with Gasteiger partial charge < -0.3 is 9.67 Å². The van der Waals surface area contributed by atoms with Crippen molar-refractivity contribution in [1.82, 2.24) is 9.55 Å². The van der Waals surface area contributed by atoms with Gasteiger partial charge in [-0.15, -0.1) is 0 Å². The minimum Gasteiger partial charge on any atom is -0.383 e. The highest BCUT2D eigenvalue weighted by Crippen LogP contribution is 2.50. The zero-order valence-electron chi connectivity index (χ0n) is 6.78. The van der Waals surface area contributed by atoms with Gasteiger partial charge in [-0.3, -0.25) is 0 Å². The normalized spacial score (nSPS) is 35.7. The fraction of sp³-hybridized carbons (Fsp3) is 0.625. The van der Waals surface area contributed by atoms with Gasteiger partial charge in [-0.1, -0.05) is 6.92 Å². The smallest absolute Gasteiger partial charge is 0.109 e. The summed E-state index contributed by atoms with van der Waals surface area (Å²) < 4.78 is 1.88. The number of aliphatic hydroxyl groups is 1. The summed E-state index contributed by atoms with van der Waals surface area (Å²) >= 11 is 0. The highest BCUT2D eigenvalue weighted by Gasteiger charge is 2.52. The van der Waals surface area contributed by atoms with E-state index in [1.54, 1.807) is 12.5 Å². The van der Waals surface area contributed by atoms with Gasteiger partial charge in [0, 0.05) is 7.05 Å². The third-order valence-corrected chi connectivity index (χ3v) is 2.53. The van der Waals surface area contributed by atoms with E-state index in [1.807, 2.05) is 18.5 Å². The van der Waals surface area contributed by atoms with E-state index < -0.39 is 5.60 Å². The molecule has 60 valence electrons. The maximum Gasteiger partial charge on any atom is 0.109 e. The maximum absolute atomic E-state index is 9.88. The molecule has 1 aliphatic rings. The Hall–Kier alpha value is -0.830. The first-order valence-electron chi connectivity index (χ1n) is 3.84. The molecule has 1 heterocycles. The SMILES string of the molecule is CC1CC1(O)c1cncn1C. The van der Waals surface area contributed by atoms with Crippen molar-refractivity contribution in [3.63, 3.8) is 0 Å². The first-order valence-corrected chi connectivity index (χ1v) is 3.84. The van der Waals surface area contributed by atoms with Gasteiger partial charge in [0.15, 0.2) is 0 Å². The summed E-state index contributed by atoms with van der Waals surface area (Å²) in [6.07, 6.45) is 4.33. The van der Waals surface area contributed by atoms with Gasteiger partial charge in [0.05, 0.1) is 18.2 Å². The van der Waals surface area contributed by atoms with Crippen LogP contribution in [0.15, 0.2) is 12.5 Å². The molecule has 2 unspecified atom stereocenters. The lowest BCUT2D eigenvalue weighted by molar-refractivity contribution is 0.126. The van der Waals surface area contributed by atoms with Crippen molar-refractivity contribution in [2.45, 2.75) is 18.9 Å². The molecule has 1 aromatic rings. The molecule has 3 heteroatoms. The molecule has 2 atom stereocenters. The minimum absolute atomic E-state index is 0.387. The monoisotopic (exact) mass is 152 g/mol. The van der Waals surface area contributed by atoms with Crippen LogP contribution in [-0.4, -0.2) is 14.7 Å². The van der Waals surface area contributed by atoms with Crippen molar-refractivity contribution in [1.29, 1.82) is 0 Å². The zero-order chi connectivity index (χ0) is 8.06. The number of nitrogens with zero attached hydrogens (tertiary/aromatic N) is 2. The topological polar surface area (TPSA) is 38.1 Å². The second-order valence-corrected chi connectivity index (χ2v) is 3.42. The summed E-state index contributed by atoms with van der Waals surface area (Å²) in [6, 6.07) is 0. The predicted molar refractivity (Wildman–Crippen MR) is 40.9 cm³/mol. The second-order valence-electron chi connectivity index (χ2n) is 3.42. The number of aromatic nitrogens is 2. The molecule has 0 aromatic carbocycles. The average Bonchev–Trinajstić information content (AvgIpc) is 2.43. The number of hydrogen-bond acceptors (Lipinski definition) is 2. The molecule has 0 bridgehead atoms. The molecule has 3 nitrogen and oxygen atoms in total. The molecule has 0 radical (unpaired) electrons. The van der Waals surface area contributed by atoms with E-state index in [2.05, 4.69) is 4.98 Å². The van der Waals surface area contributed by atoms with E-state index in [4.69, 9.17) is 0 Å². The standard InChI is InChI=1S/C8H12N2O/c1-6-3-8(6,11)7-4-9-5-10(7)2/h4-6,11H,3H2,1-2H3. The van der Waals surface area contributed by atoms with Crippen LogP contribution in [0.1, 0.15) is 19.0 Å². The quantitative estimate of drug-likeness (QED) is 0.641. The molecule has 1 N–H and O–H groups in total. The van der Waals surface area contributed by atoms with Crippen LogP contribution >= 0.6 is 0 Å². The van der Waals surface area contributed by atoms with E-state index >= 15 is 0 Å². The van der Waals surface area contributed by atoms with Crippen molar-refractivity contribution in [2.24, 2.45) is 13.0 Å². The van der Waals surface area contributed by atoms with Gasteiger partial charge in [-0.05, 0) is 12.3 Å². The van der Waals surface area contributed by atoms with Crippen LogP contribution in [0, 0.1) is 5.92 Å². The number of imidazole rings is 1. The Kier molecular flexibility index (Phi) is 1.16. The molecule has 0 amide bonds. The number of hydrogen-bond donors (Lipinski definition) is 1. The third kappa shape index (κ3) is 0.807. The summed E-state index contributed by atoms with van der Waals surface area (Å²) in [5.74, 6) is 0.387. The summed E-state index contributed by atoms with van der Waals surface area (Å²) in [5, 5.41) is 9.88. The summed E-state index contributed by atoms with van der Waals surface area (Å²) in [7, 11) is 1.91. The van der Waals surface area contributed by atoms with Crippen molar-refractivity contribution in [3.8, 4) is 0 Å². The van der Waals surface area contributed by atoms with E-state index in [1.165, 1.54) is 0 Å². The van der Waals surface area contributed by atoms with Crippen molar-refractivity contribution >= 4 is 0 Å². The van der Waals surface area contributed by atoms with E-state index in [-0.39, 0.29) is 0 Å². The summed E-state index contributed by atoms with van der Waals surface area (Å²) in [6.45, 7) is 2.05. The minimum atomic E-state index is -0.578. The van der Waals surface area contributed by atoms with Crippen LogP contribution in [-0.2, 0) is 12.6 Å². The van der Waals surface area contributed by atoms with Crippen LogP contribution in [0.3, 0.4) is 0 Å². The molecular weight excluding hydrogens is 140 g/mol. The van der Waals surface area contributed by atoms with Crippen LogP contribution in [0.4, 0.5) is 0 Å². The maximum atomic E-state index is 9.88. The van der Waals surface area contributed by atoms with Gasteiger partial charge in [0.1, 0.15) is 5.60 Å². The second kappa shape index (κ2) is 1.85. The number of rotatable bonds is 1. The molecule has 0 aliphatic heterocycles. The lowest BCUT2D eigenvalue weighted by Crippen LogP contribution is -2.12. The van der Waals surface area contributed by atoms with Crippen molar-refractivity contribution in [2.75, 3.05) is 0 Å². The van der Waals surface area contributed by atoms with Crippen LogP contribution in [0.2, 0.25) is 0 Å². The zero-order valence-corrected chi connectivity index (χ0v) is 6.78. The highest BCUT2D eigenvalue weighted by atomic mass is 16.3. The third-order valence-electron chi connectivity index (χ3n) is 2.53. The Balaban J connectivity index is 2.37. The lowest BCUT2D eigenvalue weighted by atomic mass is 10.2. The van der Waals surface area contributed by atoms with Gasteiger partial charge >= 0.3 is 0 Å². The molecule has 1 saturated carbocycles. The fourth-order valence-electron chi connectivity index (χ4n) is 1.54. The molecule has 1 fully saturated rings. The Morgan fingerprint density at radius 1 is 1.82 bits per heavy atom. The van der Waals surface area contributed by atoms with Gasteiger partial charge in [-0.25, -0.2) is 4.98 Å². The largest absolute Gasteiger partial charge is 0.383 e. The van der Waals surface area contributed by atoms with Crippen LogP contribution in [0.25, 0.3) is 0 Å². The van der Waals surface area contributed by atoms with E-state index in [9.17, 15) is 5.11 Å². The number of aryl methyl sites for hydroxylation is 1. The van der Waals surface area contributed by atoms with E-state index in [0.717, 1.165) is 12.1 Å². The van der Waals surface area contributed by atoms with Gasteiger partial charge in [0.2, 0.25) is 0 Å². The molecule has 11 heavy (non-hydrogen) atoms. The Bertz CT molecular complexity index is 281. The molecule has 2 rings (SSSR count). The van der Waals surface area contributed by atoms with E-state index in [0.29, 0.717) is 5.92 Å². The molecule has 0 saturated heterocycles. The van der Waals surface area contributed by atoms with Crippen LogP contribution in [0.5, 0.6) is 0 Å². The summed E-state index contributed by atoms with van der Waals surface area (Å²) in [5.41, 5.74) is 0.357. The summed E-state index contributed by atoms with van der Waals surface area (Å²) in [4.78, 5) is 3.97. The predicted octanol–water partition coefficient (Wildman–Crippen LogP) is 0.647.